The Hall–Kier alpha value is -3.61. The van der Waals surface area contributed by atoms with Crippen molar-refractivity contribution in [1.29, 1.82) is 0 Å². The van der Waals surface area contributed by atoms with Gasteiger partial charge in [-0.05, 0) is 61.4 Å². The van der Waals surface area contributed by atoms with E-state index in [-0.39, 0.29) is 17.7 Å². The van der Waals surface area contributed by atoms with Crippen LogP contribution in [0, 0.1) is 5.92 Å². The number of piperidine rings is 1. The predicted molar refractivity (Wildman–Crippen MR) is 130 cm³/mol. The number of amides is 2. The topological polar surface area (TPSA) is 72.2 Å². The van der Waals surface area contributed by atoms with Crippen LogP contribution in [0.3, 0.4) is 0 Å². The summed E-state index contributed by atoms with van der Waals surface area (Å²) in [7, 11) is 0. The molecule has 3 heterocycles. The molecule has 1 saturated heterocycles. The highest BCUT2D eigenvalue weighted by molar-refractivity contribution is 5.93. The van der Waals surface area contributed by atoms with E-state index in [1.165, 1.54) is 0 Å². The van der Waals surface area contributed by atoms with E-state index in [4.69, 9.17) is 0 Å². The molecule has 33 heavy (non-hydrogen) atoms. The van der Waals surface area contributed by atoms with Crippen LogP contribution in [-0.4, -0.2) is 43.9 Å². The van der Waals surface area contributed by atoms with Crippen LogP contribution in [0.15, 0.2) is 61.1 Å². The summed E-state index contributed by atoms with van der Waals surface area (Å²) in [6, 6.07) is 16.0. The van der Waals surface area contributed by atoms with Crippen molar-refractivity contribution in [2.24, 2.45) is 5.92 Å². The van der Waals surface area contributed by atoms with Gasteiger partial charge in [0.2, 0.25) is 11.8 Å². The molecular formula is C26H29N5O2. The van der Waals surface area contributed by atoms with Gasteiger partial charge in [-0.1, -0.05) is 18.2 Å². The lowest BCUT2D eigenvalue weighted by Crippen LogP contribution is -2.42. The zero-order chi connectivity index (χ0) is 22.8. The maximum Gasteiger partial charge on any atom is 0.242 e. The Morgan fingerprint density at radius 2 is 1.97 bits per heavy atom. The number of aryl methyl sites for hydroxylation is 1. The Morgan fingerprint density at radius 3 is 2.85 bits per heavy atom. The summed E-state index contributed by atoms with van der Waals surface area (Å²) in [5.74, 6) is 0.269. The highest BCUT2D eigenvalue weighted by atomic mass is 16.2. The minimum absolute atomic E-state index is 0.0139. The summed E-state index contributed by atoms with van der Waals surface area (Å²) in [5, 5.41) is 4.15. The van der Waals surface area contributed by atoms with E-state index in [1.807, 2.05) is 64.5 Å². The number of aromatic nitrogens is 3. The number of anilines is 1. The van der Waals surface area contributed by atoms with Crippen molar-refractivity contribution >= 4 is 39.4 Å². The average Bonchev–Trinajstić information content (AvgIpc) is 3.43. The fourth-order valence-corrected chi connectivity index (χ4v) is 4.85. The number of fused-ring (bicyclic) bond motifs is 2. The third-order valence-corrected chi connectivity index (χ3v) is 6.58. The van der Waals surface area contributed by atoms with Crippen molar-refractivity contribution in [2.45, 2.75) is 39.3 Å². The molecule has 7 nitrogen and oxygen atoms in total. The van der Waals surface area contributed by atoms with E-state index in [1.54, 1.807) is 0 Å². The molecule has 170 valence electrons. The van der Waals surface area contributed by atoms with Crippen molar-refractivity contribution in [2.75, 3.05) is 18.4 Å². The van der Waals surface area contributed by atoms with Crippen LogP contribution >= 0.6 is 0 Å². The first-order valence-corrected chi connectivity index (χ1v) is 11.7. The van der Waals surface area contributed by atoms with Crippen molar-refractivity contribution in [3.8, 4) is 0 Å². The molecule has 0 saturated carbocycles. The maximum atomic E-state index is 13.0. The Kier molecular flexibility index (Phi) is 5.86. The van der Waals surface area contributed by atoms with Crippen molar-refractivity contribution in [3.63, 3.8) is 0 Å². The van der Waals surface area contributed by atoms with Gasteiger partial charge in [0, 0.05) is 43.5 Å². The molecule has 1 fully saturated rings. The Morgan fingerprint density at radius 1 is 1.09 bits per heavy atom. The zero-order valence-electron chi connectivity index (χ0n) is 18.9. The first-order valence-electron chi connectivity index (χ1n) is 11.7. The number of hydrogen-bond acceptors (Lipinski definition) is 3. The predicted octanol–water partition coefficient (Wildman–Crippen LogP) is 4.28. The molecule has 2 aromatic heterocycles. The first kappa shape index (κ1) is 21.2. The average molecular weight is 444 g/mol. The minimum Gasteiger partial charge on any atom is -0.341 e. The monoisotopic (exact) mass is 443 g/mol. The molecule has 2 amide bonds. The Balaban J connectivity index is 1.18. The van der Waals surface area contributed by atoms with Crippen molar-refractivity contribution in [1.82, 2.24) is 19.0 Å². The summed E-state index contributed by atoms with van der Waals surface area (Å²) in [6.45, 7) is 4.66. The normalized spacial score (nSPS) is 16.4. The molecule has 5 rings (SSSR count). The second-order valence-electron chi connectivity index (χ2n) is 8.84. The molecular weight excluding hydrogens is 414 g/mol. The lowest BCUT2D eigenvalue weighted by Gasteiger charge is -2.32. The van der Waals surface area contributed by atoms with Crippen LogP contribution in [0.4, 0.5) is 5.69 Å². The number of nitrogens with one attached hydrogen (secondary N) is 1. The molecule has 0 unspecified atom stereocenters. The Labute approximate surface area is 193 Å². The van der Waals surface area contributed by atoms with E-state index in [0.29, 0.717) is 19.5 Å². The number of rotatable bonds is 6. The molecule has 1 N–H and O–H groups in total. The molecule has 1 aliphatic heterocycles. The molecule has 7 heteroatoms. The van der Waals surface area contributed by atoms with E-state index in [0.717, 1.165) is 53.6 Å². The van der Waals surface area contributed by atoms with Gasteiger partial charge in [-0.15, -0.1) is 0 Å². The standard InChI is InChI=1S/C26H29N5O2/c1-2-29-18-27-22-15-21(9-10-24(22)29)28-25(32)14-19-6-5-12-31(16-19)26(33)17-30-13-11-20-7-3-4-8-23(20)30/h3-4,7-11,13,15,18-19H,2,5-6,12,14,16-17H2,1H3,(H,28,32)/t19-/m0/s1. The number of carbonyl (C=O) groups excluding carboxylic acids is 2. The van der Waals surface area contributed by atoms with Gasteiger partial charge in [0.05, 0.1) is 17.4 Å². The molecule has 2 aromatic carbocycles. The number of carbonyl (C=O) groups is 2. The number of hydrogen-bond donors (Lipinski definition) is 1. The van der Waals surface area contributed by atoms with Crippen LogP contribution in [-0.2, 0) is 22.7 Å². The largest absolute Gasteiger partial charge is 0.341 e. The summed E-state index contributed by atoms with van der Waals surface area (Å²) < 4.78 is 4.08. The van der Waals surface area contributed by atoms with Gasteiger partial charge in [-0.3, -0.25) is 9.59 Å². The number of nitrogens with zero attached hydrogens (tertiary/aromatic N) is 4. The Bertz CT molecular complexity index is 1300. The second kappa shape index (κ2) is 9.10. The van der Waals surface area contributed by atoms with Gasteiger partial charge >= 0.3 is 0 Å². The van der Waals surface area contributed by atoms with Crippen molar-refractivity contribution in [3.05, 3.63) is 61.1 Å². The van der Waals surface area contributed by atoms with Gasteiger partial charge in [0.25, 0.3) is 0 Å². The molecule has 0 radical (unpaired) electrons. The molecule has 0 bridgehead atoms. The molecule has 1 aliphatic rings. The molecule has 4 aromatic rings. The quantitative estimate of drug-likeness (QED) is 0.484. The molecule has 0 aliphatic carbocycles. The van der Waals surface area contributed by atoms with Gasteiger partial charge in [0.1, 0.15) is 6.54 Å². The van der Waals surface area contributed by atoms with Gasteiger partial charge in [0.15, 0.2) is 0 Å². The van der Waals surface area contributed by atoms with Gasteiger partial charge in [-0.25, -0.2) is 4.98 Å². The lowest BCUT2D eigenvalue weighted by molar-refractivity contribution is -0.134. The highest BCUT2D eigenvalue weighted by Gasteiger charge is 2.25. The number of likely N-dealkylation sites (tertiary alicyclic amines) is 1. The smallest absolute Gasteiger partial charge is 0.242 e. The third kappa shape index (κ3) is 4.49. The summed E-state index contributed by atoms with van der Waals surface area (Å²) in [4.78, 5) is 32.0. The maximum absolute atomic E-state index is 13.0. The molecule has 1 atom stereocenters. The zero-order valence-corrected chi connectivity index (χ0v) is 18.9. The summed E-state index contributed by atoms with van der Waals surface area (Å²) >= 11 is 0. The minimum atomic E-state index is -0.0139. The van der Waals surface area contributed by atoms with Crippen molar-refractivity contribution < 1.29 is 9.59 Å². The van der Waals surface area contributed by atoms with Crippen LogP contribution in [0.25, 0.3) is 21.9 Å². The number of para-hydroxylation sites is 1. The van der Waals surface area contributed by atoms with Crippen LogP contribution in [0.2, 0.25) is 0 Å². The summed E-state index contributed by atoms with van der Waals surface area (Å²) in [6.07, 6.45) is 6.09. The summed E-state index contributed by atoms with van der Waals surface area (Å²) in [5.41, 5.74) is 3.77. The number of benzene rings is 2. The van der Waals surface area contributed by atoms with Gasteiger partial charge < -0.3 is 19.4 Å². The fraction of sp³-hybridized carbons (Fsp3) is 0.346. The van der Waals surface area contributed by atoms with Crippen LogP contribution in [0.1, 0.15) is 26.2 Å². The molecule has 0 spiro atoms. The lowest BCUT2D eigenvalue weighted by atomic mass is 9.94. The van der Waals surface area contributed by atoms with Gasteiger partial charge in [-0.2, -0.15) is 0 Å². The third-order valence-electron chi connectivity index (χ3n) is 6.58. The number of imidazole rings is 1. The second-order valence-corrected chi connectivity index (χ2v) is 8.84. The van der Waals surface area contributed by atoms with E-state index >= 15 is 0 Å². The van der Waals surface area contributed by atoms with E-state index < -0.39 is 0 Å². The van der Waals surface area contributed by atoms with Crippen LogP contribution in [0.5, 0.6) is 0 Å². The highest BCUT2D eigenvalue weighted by Crippen LogP contribution is 2.23. The fourth-order valence-electron chi connectivity index (χ4n) is 4.85. The van der Waals surface area contributed by atoms with Crippen LogP contribution < -0.4 is 5.32 Å². The van der Waals surface area contributed by atoms with E-state index in [9.17, 15) is 9.59 Å². The first-order chi connectivity index (χ1) is 16.1. The van der Waals surface area contributed by atoms with E-state index in [2.05, 4.69) is 27.9 Å². The SMILES string of the molecule is CCn1cnc2cc(NC(=O)C[C@@H]3CCCN(C(=O)Cn4ccc5ccccc54)C3)ccc21.